The third kappa shape index (κ3) is 4.58. The van der Waals surface area contributed by atoms with Crippen LogP contribution in [0.5, 0.6) is 5.75 Å². The van der Waals surface area contributed by atoms with Crippen LogP contribution >= 0.6 is 0 Å². The summed E-state index contributed by atoms with van der Waals surface area (Å²) in [5.74, 6) is 0.0598. The second-order valence-electron chi connectivity index (χ2n) is 5.97. The van der Waals surface area contributed by atoms with Gasteiger partial charge in [0.05, 0.1) is 13.0 Å². The summed E-state index contributed by atoms with van der Waals surface area (Å²) in [7, 11) is 0. The molecule has 0 bridgehead atoms. The molecule has 2 amide bonds. The van der Waals surface area contributed by atoms with E-state index in [1.54, 1.807) is 24.3 Å². The number of carbonyl (C=O) groups excluding carboxylic acids is 2. The van der Waals surface area contributed by atoms with Gasteiger partial charge in [-0.2, -0.15) is 0 Å². The average molecular weight is 339 g/mol. The van der Waals surface area contributed by atoms with Gasteiger partial charge in [0, 0.05) is 25.2 Å². The van der Waals surface area contributed by atoms with Crippen LogP contribution in [0, 0.1) is 0 Å². The van der Waals surface area contributed by atoms with Gasteiger partial charge in [-0.1, -0.05) is 18.2 Å². The highest BCUT2D eigenvalue weighted by atomic mass is 16.5. The van der Waals surface area contributed by atoms with E-state index >= 15 is 0 Å². The number of amides is 2. The number of hydrogen-bond acceptors (Lipinski definition) is 4. The molecule has 2 aromatic carbocycles. The molecule has 4 N–H and O–H groups in total. The minimum Gasteiger partial charge on any atom is -0.493 e. The molecule has 0 atom stereocenters. The lowest BCUT2D eigenvalue weighted by Crippen LogP contribution is -2.24. The summed E-state index contributed by atoms with van der Waals surface area (Å²) in [5.41, 5.74) is 9.33. The van der Waals surface area contributed by atoms with Crippen molar-refractivity contribution >= 4 is 11.8 Å². The minimum absolute atomic E-state index is 0.0626. The van der Waals surface area contributed by atoms with Gasteiger partial charge in [0.1, 0.15) is 5.75 Å². The first-order valence-electron chi connectivity index (χ1n) is 8.22. The standard InChI is InChI=1S/C19H21N3O3/c20-19(24)14-3-5-17(6-4-14)25-8-7-18(23)22-10-13-1-2-15-11-21-12-16(15)9-13/h1-6,9,21H,7-8,10-12H2,(H2,20,24)(H,22,23). The lowest BCUT2D eigenvalue weighted by Gasteiger charge is -2.09. The van der Waals surface area contributed by atoms with Crippen LogP contribution < -0.4 is 21.1 Å². The molecule has 0 saturated heterocycles. The van der Waals surface area contributed by atoms with Crippen LogP contribution in [0.1, 0.15) is 33.5 Å². The zero-order chi connectivity index (χ0) is 17.6. The number of nitrogens with two attached hydrogens (primary N) is 1. The van der Waals surface area contributed by atoms with Gasteiger partial charge in [-0.25, -0.2) is 0 Å². The maximum absolute atomic E-state index is 11.9. The summed E-state index contributed by atoms with van der Waals surface area (Å²) in [6, 6.07) is 12.8. The number of rotatable bonds is 7. The van der Waals surface area contributed by atoms with Crippen LogP contribution in [0.4, 0.5) is 0 Å². The van der Waals surface area contributed by atoms with E-state index in [-0.39, 0.29) is 18.9 Å². The van der Waals surface area contributed by atoms with E-state index in [0.29, 0.717) is 17.9 Å². The van der Waals surface area contributed by atoms with Gasteiger partial charge in [-0.15, -0.1) is 0 Å². The van der Waals surface area contributed by atoms with Crippen LogP contribution in [-0.2, 0) is 24.4 Å². The quantitative estimate of drug-likeness (QED) is 0.712. The van der Waals surface area contributed by atoms with Crippen molar-refractivity contribution in [2.75, 3.05) is 6.61 Å². The van der Waals surface area contributed by atoms with E-state index in [0.717, 1.165) is 18.7 Å². The number of hydrogen-bond donors (Lipinski definition) is 3. The fourth-order valence-electron chi connectivity index (χ4n) is 2.72. The molecule has 0 unspecified atom stereocenters. The van der Waals surface area contributed by atoms with Gasteiger partial charge in [0.15, 0.2) is 0 Å². The summed E-state index contributed by atoms with van der Waals surface area (Å²) in [6.45, 7) is 2.59. The fraction of sp³-hybridized carbons (Fsp3) is 0.263. The topological polar surface area (TPSA) is 93.5 Å². The third-order valence-corrected chi connectivity index (χ3v) is 4.13. The third-order valence-electron chi connectivity index (χ3n) is 4.13. The zero-order valence-electron chi connectivity index (χ0n) is 13.9. The Morgan fingerprint density at radius 1 is 1.08 bits per heavy atom. The van der Waals surface area contributed by atoms with Gasteiger partial charge in [-0.3, -0.25) is 9.59 Å². The number of benzene rings is 2. The summed E-state index contributed by atoms with van der Waals surface area (Å²) < 4.78 is 5.50. The molecule has 0 radical (unpaired) electrons. The molecule has 0 fully saturated rings. The Hall–Kier alpha value is -2.86. The van der Waals surface area contributed by atoms with Crippen molar-refractivity contribution in [3.63, 3.8) is 0 Å². The van der Waals surface area contributed by atoms with Crippen molar-refractivity contribution in [3.05, 3.63) is 64.7 Å². The Balaban J connectivity index is 1.40. The Labute approximate surface area is 146 Å². The van der Waals surface area contributed by atoms with Crippen molar-refractivity contribution in [2.24, 2.45) is 5.73 Å². The van der Waals surface area contributed by atoms with Gasteiger partial charge < -0.3 is 21.1 Å². The van der Waals surface area contributed by atoms with E-state index in [1.807, 2.05) is 6.07 Å². The van der Waals surface area contributed by atoms with E-state index in [1.165, 1.54) is 11.1 Å². The summed E-state index contributed by atoms with van der Waals surface area (Å²) >= 11 is 0. The lowest BCUT2D eigenvalue weighted by atomic mass is 10.1. The molecule has 3 rings (SSSR count). The summed E-state index contributed by atoms with van der Waals surface area (Å²) in [5, 5.41) is 6.20. The molecule has 6 heteroatoms. The SMILES string of the molecule is NC(=O)c1ccc(OCCC(=O)NCc2ccc3c(c2)CNC3)cc1. The summed E-state index contributed by atoms with van der Waals surface area (Å²) in [6.07, 6.45) is 0.268. The van der Waals surface area contributed by atoms with E-state index in [4.69, 9.17) is 10.5 Å². The first-order chi connectivity index (χ1) is 12.1. The number of ether oxygens (including phenoxy) is 1. The van der Waals surface area contributed by atoms with Gasteiger partial charge in [0.2, 0.25) is 11.8 Å². The normalized spacial score (nSPS) is 12.5. The Bertz CT molecular complexity index is 772. The highest BCUT2D eigenvalue weighted by Crippen LogP contribution is 2.17. The number of fused-ring (bicyclic) bond motifs is 1. The zero-order valence-corrected chi connectivity index (χ0v) is 13.9. The predicted molar refractivity (Wildman–Crippen MR) is 93.9 cm³/mol. The van der Waals surface area contributed by atoms with Crippen molar-refractivity contribution in [1.82, 2.24) is 10.6 Å². The molecule has 0 spiro atoms. The van der Waals surface area contributed by atoms with Crippen LogP contribution in [0.15, 0.2) is 42.5 Å². The molecule has 0 aromatic heterocycles. The minimum atomic E-state index is -0.478. The van der Waals surface area contributed by atoms with Gasteiger partial charge >= 0.3 is 0 Å². The highest BCUT2D eigenvalue weighted by molar-refractivity contribution is 5.92. The lowest BCUT2D eigenvalue weighted by molar-refractivity contribution is -0.121. The molecule has 0 saturated carbocycles. The Kier molecular flexibility index (Phi) is 5.30. The fourth-order valence-corrected chi connectivity index (χ4v) is 2.72. The molecule has 2 aromatic rings. The molecule has 130 valence electrons. The van der Waals surface area contributed by atoms with Crippen LogP contribution in [0.2, 0.25) is 0 Å². The van der Waals surface area contributed by atoms with Crippen molar-refractivity contribution in [3.8, 4) is 5.75 Å². The predicted octanol–water partition coefficient (Wildman–Crippen LogP) is 1.47. The molecule has 1 aliphatic heterocycles. The Morgan fingerprint density at radius 3 is 2.60 bits per heavy atom. The van der Waals surface area contributed by atoms with Gasteiger partial charge in [-0.05, 0) is 41.0 Å². The first-order valence-corrected chi connectivity index (χ1v) is 8.22. The van der Waals surface area contributed by atoms with E-state index < -0.39 is 5.91 Å². The van der Waals surface area contributed by atoms with Crippen LogP contribution in [0.3, 0.4) is 0 Å². The van der Waals surface area contributed by atoms with E-state index in [9.17, 15) is 9.59 Å². The number of nitrogens with one attached hydrogen (secondary N) is 2. The van der Waals surface area contributed by atoms with Crippen molar-refractivity contribution in [1.29, 1.82) is 0 Å². The summed E-state index contributed by atoms with van der Waals surface area (Å²) in [4.78, 5) is 22.9. The highest BCUT2D eigenvalue weighted by Gasteiger charge is 2.10. The second kappa shape index (κ2) is 7.81. The van der Waals surface area contributed by atoms with Crippen LogP contribution in [0.25, 0.3) is 0 Å². The Morgan fingerprint density at radius 2 is 1.84 bits per heavy atom. The average Bonchev–Trinajstić information content (AvgIpc) is 3.08. The van der Waals surface area contributed by atoms with Crippen molar-refractivity contribution < 1.29 is 14.3 Å². The number of carbonyl (C=O) groups is 2. The maximum atomic E-state index is 11.9. The molecule has 0 aliphatic carbocycles. The largest absolute Gasteiger partial charge is 0.493 e. The van der Waals surface area contributed by atoms with Gasteiger partial charge in [0.25, 0.3) is 0 Å². The smallest absolute Gasteiger partial charge is 0.248 e. The first kappa shape index (κ1) is 17.0. The van der Waals surface area contributed by atoms with Crippen molar-refractivity contribution in [2.45, 2.75) is 26.1 Å². The molecular formula is C19H21N3O3. The van der Waals surface area contributed by atoms with E-state index in [2.05, 4.69) is 22.8 Å². The number of primary amides is 1. The molecular weight excluding hydrogens is 318 g/mol. The van der Waals surface area contributed by atoms with Crippen LogP contribution in [-0.4, -0.2) is 18.4 Å². The second-order valence-corrected chi connectivity index (χ2v) is 5.97. The molecule has 25 heavy (non-hydrogen) atoms. The maximum Gasteiger partial charge on any atom is 0.248 e. The monoisotopic (exact) mass is 339 g/mol. The molecule has 1 aliphatic rings. The molecule has 1 heterocycles. The molecule has 6 nitrogen and oxygen atoms in total.